The zero-order valence-corrected chi connectivity index (χ0v) is 12.8. The number of halogens is 2. The highest BCUT2D eigenvalue weighted by Gasteiger charge is 2.07. The number of benzene rings is 1. The molecule has 1 heterocycles. The molecule has 2 aromatic rings. The van der Waals surface area contributed by atoms with Crippen molar-refractivity contribution in [3.63, 3.8) is 0 Å². The molecule has 2 rings (SSSR count). The topological polar surface area (TPSA) is 34.2 Å². The summed E-state index contributed by atoms with van der Waals surface area (Å²) in [5, 5.41) is 7.21. The molecule has 0 fully saturated rings. The smallest absolute Gasteiger partial charge is 0.140 e. The lowest BCUT2D eigenvalue weighted by molar-refractivity contribution is 0.302. The fourth-order valence-electron chi connectivity index (χ4n) is 1.48. The first-order valence-electron chi connectivity index (χ1n) is 5.91. The Labute approximate surface area is 126 Å². The predicted molar refractivity (Wildman–Crippen MR) is 80.3 cm³/mol. The maximum atomic E-state index is 6.05. The lowest BCUT2D eigenvalue weighted by Crippen LogP contribution is -2.11. The molecule has 0 aliphatic rings. The number of nitrogens with one attached hydrogen (secondary N) is 1. The normalized spacial score (nSPS) is 10.7. The van der Waals surface area contributed by atoms with Crippen LogP contribution in [-0.2, 0) is 13.2 Å². The highest BCUT2D eigenvalue weighted by molar-refractivity contribution is 7.09. The van der Waals surface area contributed by atoms with E-state index in [2.05, 4.69) is 17.2 Å². The van der Waals surface area contributed by atoms with Crippen molar-refractivity contribution < 1.29 is 4.74 Å². The van der Waals surface area contributed by atoms with Gasteiger partial charge in [-0.15, -0.1) is 11.3 Å². The Morgan fingerprint density at radius 2 is 2.21 bits per heavy atom. The number of thiazole rings is 1. The molecule has 19 heavy (non-hydrogen) atoms. The third kappa shape index (κ3) is 4.08. The van der Waals surface area contributed by atoms with Crippen LogP contribution in [0.25, 0.3) is 0 Å². The molecule has 1 N–H and O–H groups in total. The van der Waals surface area contributed by atoms with E-state index in [0.717, 1.165) is 23.8 Å². The van der Waals surface area contributed by atoms with E-state index in [4.69, 9.17) is 27.9 Å². The van der Waals surface area contributed by atoms with Gasteiger partial charge in [0.05, 0.1) is 10.7 Å². The van der Waals surface area contributed by atoms with Crippen LogP contribution in [0.5, 0.6) is 5.75 Å². The molecule has 3 nitrogen and oxygen atoms in total. The molecule has 0 spiro atoms. The van der Waals surface area contributed by atoms with Crippen molar-refractivity contribution in [1.29, 1.82) is 0 Å². The first-order chi connectivity index (χ1) is 9.20. The van der Waals surface area contributed by atoms with Crippen LogP contribution in [0.1, 0.15) is 17.6 Å². The SMILES string of the molecule is CCNCc1nc(COc2cccc(Cl)c2Cl)cs1. The molecule has 1 aromatic carbocycles. The molecule has 0 amide bonds. The van der Waals surface area contributed by atoms with Gasteiger partial charge >= 0.3 is 0 Å². The molecule has 0 unspecified atom stereocenters. The van der Waals surface area contributed by atoms with E-state index in [0.29, 0.717) is 22.4 Å². The molecular formula is C13H14Cl2N2OS. The summed E-state index contributed by atoms with van der Waals surface area (Å²) in [7, 11) is 0. The van der Waals surface area contributed by atoms with E-state index in [-0.39, 0.29) is 0 Å². The number of rotatable bonds is 6. The molecular weight excluding hydrogens is 303 g/mol. The predicted octanol–water partition coefficient (Wildman–Crippen LogP) is 4.14. The molecule has 0 saturated heterocycles. The highest BCUT2D eigenvalue weighted by Crippen LogP contribution is 2.31. The van der Waals surface area contributed by atoms with Gasteiger partial charge in [0.25, 0.3) is 0 Å². The summed E-state index contributed by atoms with van der Waals surface area (Å²) in [4.78, 5) is 4.47. The van der Waals surface area contributed by atoms with Gasteiger partial charge in [-0.3, -0.25) is 0 Å². The number of ether oxygens (including phenoxy) is 1. The van der Waals surface area contributed by atoms with Crippen LogP contribution in [0.15, 0.2) is 23.6 Å². The molecule has 0 bridgehead atoms. The van der Waals surface area contributed by atoms with Crippen molar-refractivity contribution in [1.82, 2.24) is 10.3 Å². The Hall–Kier alpha value is -0.810. The molecule has 0 atom stereocenters. The lowest BCUT2D eigenvalue weighted by Gasteiger charge is -2.07. The minimum absolute atomic E-state index is 0.392. The number of nitrogens with zero attached hydrogens (tertiary/aromatic N) is 1. The van der Waals surface area contributed by atoms with Gasteiger partial charge < -0.3 is 10.1 Å². The standard InChI is InChI=1S/C13H14Cl2N2OS/c1-2-16-6-12-17-9(8-19-12)7-18-11-5-3-4-10(14)13(11)15/h3-5,8,16H,2,6-7H2,1H3. The second kappa shape index (κ2) is 7.10. The van der Waals surface area contributed by atoms with Crippen LogP contribution in [0, 0.1) is 0 Å². The number of hydrogen-bond donors (Lipinski definition) is 1. The molecule has 102 valence electrons. The van der Waals surface area contributed by atoms with E-state index >= 15 is 0 Å². The first kappa shape index (κ1) is 14.6. The molecule has 0 radical (unpaired) electrons. The summed E-state index contributed by atoms with van der Waals surface area (Å²) in [5.74, 6) is 0.579. The summed E-state index contributed by atoms with van der Waals surface area (Å²) in [6, 6.07) is 5.33. The van der Waals surface area contributed by atoms with E-state index in [1.807, 2.05) is 5.38 Å². The van der Waals surface area contributed by atoms with Crippen molar-refractivity contribution >= 4 is 34.5 Å². The summed E-state index contributed by atoms with van der Waals surface area (Å²) >= 11 is 13.6. The number of aromatic nitrogens is 1. The van der Waals surface area contributed by atoms with Gasteiger partial charge in [0.2, 0.25) is 0 Å². The Morgan fingerprint density at radius 1 is 1.37 bits per heavy atom. The van der Waals surface area contributed by atoms with Gasteiger partial charge in [-0.25, -0.2) is 4.98 Å². The Kier molecular flexibility index (Phi) is 5.45. The molecule has 6 heteroatoms. The zero-order chi connectivity index (χ0) is 13.7. The van der Waals surface area contributed by atoms with Crippen LogP contribution in [0.3, 0.4) is 0 Å². The van der Waals surface area contributed by atoms with Gasteiger partial charge in [0.15, 0.2) is 0 Å². The monoisotopic (exact) mass is 316 g/mol. The third-order valence-electron chi connectivity index (χ3n) is 2.42. The van der Waals surface area contributed by atoms with Gasteiger partial charge in [0.1, 0.15) is 22.4 Å². The minimum atomic E-state index is 0.392. The van der Waals surface area contributed by atoms with Crippen LogP contribution in [-0.4, -0.2) is 11.5 Å². The molecule has 1 aromatic heterocycles. The Morgan fingerprint density at radius 3 is 3.00 bits per heavy atom. The van der Waals surface area contributed by atoms with Gasteiger partial charge in [-0.05, 0) is 18.7 Å². The van der Waals surface area contributed by atoms with Gasteiger partial charge in [0, 0.05) is 11.9 Å². The van der Waals surface area contributed by atoms with E-state index in [1.165, 1.54) is 0 Å². The van der Waals surface area contributed by atoms with Crippen molar-refractivity contribution in [2.75, 3.05) is 6.54 Å². The lowest BCUT2D eigenvalue weighted by atomic mass is 10.3. The zero-order valence-electron chi connectivity index (χ0n) is 10.5. The number of hydrogen-bond acceptors (Lipinski definition) is 4. The van der Waals surface area contributed by atoms with Gasteiger partial charge in [-0.2, -0.15) is 0 Å². The quantitative estimate of drug-likeness (QED) is 0.869. The van der Waals surface area contributed by atoms with Crippen molar-refractivity contribution in [3.8, 4) is 5.75 Å². The minimum Gasteiger partial charge on any atom is -0.486 e. The summed E-state index contributed by atoms with van der Waals surface area (Å²) in [6.07, 6.45) is 0. The Bertz CT molecular complexity index is 545. The van der Waals surface area contributed by atoms with Crippen LogP contribution in [0.4, 0.5) is 0 Å². The van der Waals surface area contributed by atoms with Crippen molar-refractivity contribution in [2.24, 2.45) is 0 Å². The highest BCUT2D eigenvalue weighted by atomic mass is 35.5. The summed E-state index contributed by atoms with van der Waals surface area (Å²) < 4.78 is 5.63. The van der Waals surface area contributed by atoms with E-state index in [9.17, 15) is 0 Å². The fourth-order valence-corrected chi connectivity index (χ4v) is 2.57. The van der Waals surface area contributed by atoms with E-state index < -0.39 is 0 Å². The van der Waals surface area contributed by atoms with Gasteiger partial charge in [-0.1, -0.05) is 36.2 Å². The first-order valence-corrected chi connectivity index (χ1v) is 7.55. The third-order valence-corrected chi connectivity index (χ3v) is 4.12. The maximum absolute atomic E-state index is 6.05. The van der Waals surface area contributed by atoms with Crippen LogP contribution < -0.4 is 10.1 Å². The second-order valence-electron chi connectivity index (χ2n) is 3.85. The van der Waals surface area contributed by atoms with E-state index in [1.54, 1.807) is 29.5 Å². The summed E-state index contributed by atoms with van der Waals surface area (Å²) in [6.45, 7) is 4.18. The average molecular weight is 317 g/mol. The second-order valence-corrected chi connectivity index (χ2v) is 5.58. The molecule has 0 aliphatic heterocycles. The average Bonchev–Trinajstić information content (AvgIpc) is 2.86. The van der Waals surface area contributed by atoms with Crippen LogP contribution in [0.2, 0.25) is 10.0 Å². The largest absolute Gasteiger partial charge is 0.486 e. The maximum Gasteiger partial charge on any atom is 0.140 e. The summed E-state index contributed by atoms with van der Waals surface area (Å²) in [5.41, 5.74) is 0.897. The fraction of sp³-hybridized carbons (Fsp3) is 0.308. The molecule has 0 saturated carbocycles. The Balaban J connectivity index is 1.95. The van der Waals surface area contributed by atoms with Crippen molar-refractivity contribution in [2.45, 2.75) is 20.1 Å². The molecule has 0 aliphatic carbocycles. The van der Waals surface area contributed by atoms with Crippen LogP contribution >= 0.6 is 34.5 Å². The van der Waals surface area contributed by atoms with Crippen molar-refractivity contribution in [3.05, 3.63) is 44.3 Å².